The number of aromatic nitrogens is 3. The summed E-state index contributed by atoms with van der Waals surface area (Å²) >= 11 is 0. The van der Waals surface area contributed by atoms with Crippen molar-refractivity contribution in [1.29, 1.82) is 0 Å². The van der Waals surface area contributed by atoms with Crippen molar-refractivity contribution >= 4 is 17.2 Å². The van der Waals surface area contributed by atoms with E-state index in [0.717, 1.165) is 58.3 Å². The molecule has 1 N–H and O–H groups in total. The largest absolute Gasteiger partial charge is 0.325 e. The first-order valence-electron chi connectivity index (χ1n) is 9.21. The predicted octanol–water partition coefficient (Wildman–Crippen LogP) is 5.75. The topological polar surface area (TPSA) is 42.7 Å². The minimum Gasteiger partial charge on any atom is -0.325 e. The molecule has 0 fully saturated rings. The molecule has 4 nitrogen and oxygen atoms in total. The standard InChI is InChI=1S/C22H25FN4/c1-6-14(3)19-13-21(25-22-15(4)8-9-16(5)24-22)27(26-19)20-12-18(23)11-10-17(20)7-2/h8-13H,3,6-7H2,1-2,4-5H3,(H,24,25). The van der Waals surface area contributed by atoms with Gasteiger partial charge >= 0.3 is 0 Å². The highest BCUT2D eigenvalue weighted by atomic mass is 19.1. The zero-order valence-corrected chi connectivity index (χ0v) is 16.3. The van der Waals surface area contributed by atoms with E-state index in [1.807, 2.05) is 45.9 Å². The van der Waals surface area contributed by atoms with Gasteiger partial charge in [-0.15, -0.1) is 0 Å². The average Bonchev–Trinajstić information content (AvgIpc) is 3.07. The Bertz CT molecular complexity index is 988. The zero-order valence-electron chi connectivity index (χ0n) is 16.3. The lowest BCUT2D eigenvalue weighted by atomic mass is 10.1. The summed E-state index contributed by atoms with van der Waals surface area (Å²) in [5.41, 5.74) is 5.41. The van der Waals surface area contributed by atoms with Crippen LogP contribution in [0.25, 0.3) is 11.3 Å². The van der Waals surface area contributed by atoms with E-state index >= 15 is 0 Å². The number of nitrogens with zero attached hydrogens (tertiary/aromatic N) is 3. The molecular weight excluding hydrogens is 339 g/mol. The third kappa shape index (κ3) is 3.92. The lowest BCUT2D eigenvalue weighted by Gasteiger charge is -2.14. The van der Waals surface area contributed by atoms with Crippen molar-refractivity contribution in [2.24, 2.45) is 0 Å². The highest BCUT2D eigenvalue weighted by Gasteiger charge is 2.16. The van der Waals surface area contributed by atoms with Gasteiger partial charge in [-0.2, -0.15) is 5.10 Å². The number of hydrogen-bond donors (Lipinski definition) is 1. The van der Waals surface area contributed by atoms with Crippen molar-refractivity contribution in [3.05, 3.63) is 71.3 Å². The summed E-state index contributed by atoms with van der Waals surface area (Å²) in [6, 6.07) is 10.8. The van der Waals surface area contributed by atoms with E-state index in [1.165, 1.54) is 12.1 Å². The molecule has 0 amide bonds. The zero-order chi connectivity index (χ0) is 19.6. The van der Waals surface area contributed by atoms with E-state index in [-0.39, 0.29) is 5.82 Å². The van der Waals surface area contributed by atoms with Crippen LogP contribution in [0, 0.1) is 19.7 Å². The van der Waals surface area contributed by atoms with Crippen molar-refractivity contribution in [3.8, 4) is 5.69 Å². The molecule has 2 heterocycles. The fourth-order valence-electron chi connectivity index (χ4n) is 2.91. The summed E-state index contributed by atoms with van der Waals surface area (Å²) in [5, 5.41) is 8.09. The van der Waals surface area contributed by atoms with Gasteiger partial charge in [-0.3, -0.25) is 0 Å². The molecule has 3 aromatic rings. The van der Waals surface area contributed by atoms with Crippen molar-refractivity contribution in [2.75, 3.05) is 5.32 Å². The van der Waals surface area contributed by atoms with Crippen LogP contribution in [0.4, 0.5) is 16.0 Å². The van der Waals surface area contributed by atoms with Crippen molar-refractivity contribution in [1.82, 2.24) is 14.8 Å². The predicted molar refractivity (Wildman–Crippen MR) is 109 cm³/mol. The minimum absolute atomic E-state index is 0.288. The summed E-state index contributed by atoms with van der Waals surface area (Å²) in [5.74, 6) is 1.21. The van der Waals surface area contributed by atoms with Gasteiger partial charge in [0.05, 0.1) is 11.4 Å². The van der Waals surface area contributed by atoms with E-state index in [4.69, 9.17) is 5.10 Å². The van der Waals surface area contributed by atoms with Gasteiger partial charge in [0.25, 0.3) is 0 Å². The summed E-state index contributed by atoms with van der Waals surface area (Å²) in [6.45, 7) is 12.1. The molecular formula is C22H25FN4. The normalized spacial score (nSPS) is 10.9. The second-order valence-electron chi connectivity index (χ2n) is 6.65. The molecule has 0 saturated carbocycles. The molecule has 3 rings (SSSR count). The smallest absolute Gasteiger partial charge is 0.135 e. The fraction of sp³-hybridized carbons (Fsp3) is 0.273. The van der Waals surface area contributed by atoms with Gasteiger partial charge in [-0.1, -0.05) is 32.6 Å². The molecule has 27 heavy (non-hydrogen) atoms. The molecule has 0 aliphatic heterocycles. The van der Waals surface area contributed by atoms with E-state index in [9.17, 15) is 4.39 Å². The molecule has 140 valence electrons. The van der Waals surface area contributed by atoms with Gasteiger partial charge in [-0.25, -0.2) is 14.1 Å². The van der Waals surface area contributed by atoms with Crippen LogP contribution < -0.4 is 5.32 Å². The van der Waals surface area contributed by atoms with Crippen LogP contribution in [0.1, 0.15) is 42.8 Å². The lowest BCUT2D eigenvalue weighted by Crippen LogP contribution is -2.07. The van der Waals surface area contributed by atoms with E-state index < -0.39 is 0 Å². The molecule has 1 aromatic carbocycles. The monoisotopic (exact) mass is 364 g/mol. The highest BCUT2D eigenvalue weighted by Crippen LogP contribution is 2.28. The number of aryl methyl sites for hydroxylation is 3. The first-order chi connectivity index (χ1) is 12.9. The summed E-state index contributed by atoms with van der Waals surface area (Å²) < 4.78 is 15.7. The van der Waals surface area contributed by atoms with Crippen LogP contribution in [-0.4, -0.2) is 14.8 Å². The van der Waals surface area contributed by atoms with Crippen LogP contribution in [0.15, 0.2) is 43.0 Å². The summed E-state index contributed by atoms with van der Waals surface area (Å²) in [7, 11) is 0. The number of allylic oxidation sites excluding steroid dienone is 1. The molecule has 0 bridgehead atoms. The maximum absolute atomic E-state index is 14.0. The molecule has 0 radical (unpaired) electrons. The van der Waals surface area contributed by atoms with Crippen LogP contribution in [0.2, 0.25) is 0 Å². The first-order valence-corrected chi connectivity index (χ1v) is 9.21. The van der Waals surface area contributed by atoms with Gasteiger partial charge in [-0.05, 0) is 61.6 Å². The number of hydrogen-bond acceptors (Lipinski definition) is 3. The molecule has 5 heteroatoms. The van der Waals surface area contributed by atoms with Crippen LogP contribution in [0.5, 0.6) is 0 Å². The van der Waals surface area contributed by atoms with E-state index in [0.29, 0.717) is 0 Å². The molecule has 0 saturated heterocycles. The first kappa shape index (κ1) is 18.8. The Hall–Kier alpha value is -2.95. The Morgan fingerprint density at radius 1 is 1.15 bits per heavy atom. The van der Waals surface area contributed by atoms with Crippen LogP contribution in [-0.2, 0) is 6.42 Å². The average molecular weight is 364 g/mol. The quantitative estimate of drug-likeness (QED) is 0.605. The number of anilines is 2. The molecule has 0 atom stereocenters. The van der Waals surface area contributed by atoms with Gasteiger partial charge in [0.15, 0.2) is 0 Å². The Balaban J connectivity index is 2.16. The second-order valence-corrected chi connectivity index (χ2v) is 6.65. The lowest BCUT2D eigenvalue weighted by molar-refractivity contribution is 0.624. The Labute approximate surface area is 159 Å². The fourth-order valence-corrected chi connectivity index (χ4v) is 2.91. The molecule has 2 aromatic heterocycles. The molecule has 0 unspecified atom stereocenters. The van der Waals surface area contributed by atoms with Gasteiger partial charge in [0.2, 0.25) is 0 Å². The maximum Gasteiger partial charge on any atom is 0.135 e. The minimum atomic E-state index is -0.288. The van der Waals surface area contributed by atoms with Gasteiger partial charge in [0.1, 0.15) is 17.5 Å². The second kappa shape index (κ2) is 7.74. The SMILES string of the molecule is C=C(CC)c1cc(Nc2nc(C)ccc2C)n(-c2cc(F)ccc2CC)n1. The third-order valence-corrected chi connectivity index (χ3v) is 4.64. The van der Waals surface area contributed by atoms with Crippen LogP contribution >= 0.6 is 0 Å². The molecule has 0 aliphatic carbocycles. The summed E-state index contributed by atoms with van der Waals surface area (Å²) in [4.78, 5) is 4.59. The van der Waals surface area contributed by atoms with Crippen molar-refractivity contribution < 1.29 is 4.39 Å². The van der Waals surface area contributed by atoms with Crippen LogP contribution in [0.3, 0.4) is 0 Å². The van der Waals surface area contributed by atoms with Gasteiger partial charge < -0.3 is 5.32 Å². The molecule has 0 aliphatic rings. The Morgan fingerprint density at radius 3 is 2.63 bits per heavy atom. The number of benzene rings is 1. The Morgan fingerprint density at radius 2 is 1.93 bits per heavy atom. The summed E-state index contributed by atoms with van der Waals surface area (Å²) in [6.07, 6.45) is 1.57. The van der Waals surface area contributed by atoms with E-state index in [2.05, 4.69) is 16.9 Å². The van der Waals surface area contributed by atoms with Crippen molar-refractivity contribution in [3.63, 3.8) is 0 Å². The third-order valence-electron chi connectivity index (χ3n) is 4.64. The van der Waals surface area contributed by atoms with Crippen molar-refractivity contribution in [2.45, 2.75) is 40.5 Å². The Kier molecular flexibility index (Phi) is 5.40. The van der Waals surface area contributed by atoms with Gasteiger partial charge in [0, 0.05) is 11.8 Å². The highest BCUT2D eigenvalue weighted by molar-refractivity contribution is 5.67. The number of nitrogens with one attached hydrogen (secondary N) is 1. The molecule has 0 spiro atoms. The number of pyridine rings is 1. The maximum atomic E-state index is 14.0. The van der Waals surface area contributed by atoms with E-state index in [1.54, 1.807) is 10.7 Å². The number of rotatable bonds is 6. The number of halogens is 1.